The Bertz CT molecular complexity index is 110. The van der Waals surface area contributed by atoms with Gasteiger partial charge in [-0.25, -0.2) is 0 Å². The van der Waals surface area contributed by atoms with Gasteiger partial charge in [0, 0.05) is 0 Å². The molecule has 0 amide bonds. The standard InChI is InChI=1S/C7H13O2.Rh/c1-5-7(2,3)6(8)9-4;/h4-5H2,1-3H3;/q-1;+2. The second-order valence-electron chi connectivity index (χ2n) is 2.67. The maximum absolute atomic E-state index is 10.8. The van der Waals surface area contributed by atoms with Crippen LogP contribution < -0.4 is 0 Å². The van der Waals surface area contributed by atoms with Crippen molar-refractivity contribution in [3.63, 3.8) is 0 Å². The number of carbonyl (C=O) groups is 1. The molecule has 10 heavy (non-hydrogen) atoms. The van der Waals surface area contributed by atoms with Crippen LogP contribution in [0.2, 0.25) is 0 Å². The average Bonchev–Trinajstić information content (AvgIpc) is 1.86. The van der Waals surface area contributed by atoms with Crippen LogP contribution in [0.15, 0.2) is 0 Å². The molecule has 2 nitrogen and oxygen atoms in total. The summed E-state index contributed by atoms with van der Waals surface area (Å²) in [6, 6.07) is 0. The van der Waals surface area contributed by atoms with E-state index in [-0.39, 0.29) is 30.9 Å². The third-order valence-corrected chi connectivity index (χ3v) is 1.57. The molecule has 61 valence electrons. The summed E-state index contributed by atoms with van der Waals surface area (Å²) in [4.78, 5) is 10.8. The third-order valence-electron chi connectivity index (χ3n) is 1.57. The fraction of sp³-hybridized carbons (Fsp3) is 0.714. The molecule has 0 rings (SSSR count). The van der Waals surface area contributed by atoms with Gasteiger partial charge in [0.05, 0.1) is 5.41 Å². The van der Waals surface area contributed by atoms with Crippen molar-refractivity contribution in [2.45, 2.75) is 27.2 Å². The van der Waals surface area contributed by atoms with Gasteiger partial charge < -0.3 is 4.74 Å². The van der Waals surface area contributed by atoms with Gasteiger partial charge in [-0.1, -0.05) is 6.92 Å². The van der Waals surface area contributed by atoms with Crippen LogP contribution in [0.1, 0.15) is 27.2 Å². The largest absolute Gasteiger partial charge is 2.00 e. The van der Waals surface area contributed by atoms with Crippen molar-refractivity contribution in [3.8, 4) is 0 Å². The fourth-order valence-corrected chi connectivity index (χ4v) is 0.340. The minimum absolute atomic E-state index is 0. The molecule has 0 bridgehead atoms. The predicted octanol–water partition coefficient (Wildman–Crippen LogP) is 1.75. The Morgan fingerprint density at radius 3 is 2.10 bits per heavy atom. The minimum atomic E-state index is -0.373. The van der Waals surface area contributed by atoms with Crippen LogP contribution in [0.4, 0.5) is 0 Å². The summed E-state index contributed by atoms with van der Waals surface area (Å²) in [6.45, 7) is 5.61. The summed E-state index contributed by atoms with van der Waals surface area (Å²) >= 11 is 0. The van der Waals surface area contributed by atoms with E-state index in [9.17, 15) is 4.79 Å². The minimum Gasteiger partial charge on any atom is -0.640 e. The molecule has 0 aromatic rings. The average molecular weight is 232 g/mol. The maximum atomic E-state index is 10.8. The molecule has 1 radical (unpaired) electrons. The van der Waals surface area contributed by atoms with Crippen molar-refractivity contribution in [1.29, 1.82) is 0 Å². The molecule has 0 aliphatic heterocycles. The fourth-order valence-electron chi connectivity index (χ4n) is 0.340. The number of rotatable bonds is 2. The van der Waals surface area contributed by atoms with Crippen LogP contribution >= 0.6 is 0 Å². The van der Waals surface area contributed by atoms with Gasteiger partial charge in [0.25, 0.3) is 5.97 Å². The van der Waals surface area contributed by atoms with E-state index >= 15 is 0 Å². The second-order valence-corrected chi connectivity index (χ2v) is 2.67. The predicted molar refractivity (Wildman–Crippen MR) is 35.5 cm³/mol. The van der Waals surface area contributed by atoms with Crippen LogP contribution in [0.5, 0.6) is 0 Å². The van der Waals surface area contributed by atoms with Crippen LogP contribution in [-0.4, -0.2) is 5.97 Å². The Hall–Kier alpha value is 0.0934. The summed E-state index contributed by atoms with van der Waals surface area (Å²) in [7, 11) is 3.05. The first kappa shape index (κ1) is 12.7. The zero-order chi connectivity index (χ0) is 7.49. The van der Waals surface area contributed by atoms with Gasteiger partial charge in [-0.2, -0.15) is 7.11 Å². The smallest absolute Gasteiger partial charge is 0.640 e. The monoisotopic (exact) mass is 232 g/mol. The van der Waals surface area contributed by atoms with Crippen LogP contribution in [0.3, 0.4) is 0 Å². The van der Waals surface area contributed by atoms with E-state index in [1.54, 1.807) is 0 Å². The van der Waals surface area contributed by atoms with Crippen molar-refractivity contribution in [3.05, 3.63) is 7.11 Å². The Morgan fingerprint density at radius 2 is 2.00 bits per heavy atom. The Balaban J connectivity index is 0. The van der Waals surface area contributed by atoms with Crippen molar-refractivity contribution >= 4 is 5.97 Å². The number of ether oxygens (including phenoxy) is 1. The molecule has 0 unspecified atom stereocenters. The molecule has 3 heteroatoms. The quantitative estimate of drug-likeness (QED) is 0.412. The van der Waals surface area contributed by atoms with E-state index in [2.05, 4.69) is 11.8 Å². The topological polar surface area (TPSA) is 26.3 Å². The second kappa shape index (κ2) is 4.84. The van der Waals surface area contributed by atoms with Crippen molar-refractivity contribution in [2.75, 3.05) is 0 Å². The Morgan fingerprint density at radius 1 is 1.60 bits per heavy atom. The van der Waals surface area contributed by atoms with Gasteiger partial charge in [0.2, 0.25) is 0 Å². The molecule has 0 saturated carbocycles. The van der Waals surface area contributed by atoms with Gasteiger partial charge in [0.1, 0.15) is 0 Å². The van der Waals surface area contributed by atoms with Crippen molar-refractivity contribution in [1.82, 2.24) is 0 Å². The van der Waals surface area contributed by atoms with E-state index in [0.29, 0.717) is 0 Å². The van der Waals surface area contributed by atoms with Gasteiger partial charge >= 0.3 is 19.5 Å². The molecule has 0 fully saturated rings. The number of carbonyl (C=O) groups excluding carboxylic acids is 1. The van der Waals surface area contributed by atoms with Gasteiger partial charge in [-0.05, 0) is 20.3 Å². The molecule has 0 heterocycles. The molecular formula is C7H13O2Rh+. The van der Waals surface area contributed by atoms with E-state index in [4.69, 9.17) is 0 Å². The van der Waals surface area contributed by atoms with Gasteiger partial charge in [-0.15, -0.1) is 0 Å². The molecule has 0 atom stereocenters. The molecule has 0 saturated heterocycles. The van der Waals surface area contributed by atoms with E-state index in [0.717, 1.165) is 6.42 Å². The molecule has 0 spiro atoms. The van der Waals surface area contributed by atoms with Crippen LogP contribution in [0.25, 0.3) is 0 Å². The number of esters is 1. The summed E-state index contributed by atoms with van der Waals surface area (Å²) in [5.74, 6) is -0.245. The van der Waals surface area contributed by atoms with E-state index in [1.165, 1.54) is 0 Å². The third kappa shape index (κ3) is 3.31. The molecule has 0 aromatic carbocycles. The van der Waals surface area contributed by atoms with Crippen LogP contribution in [0, 0.1) is 12.5 Å². The van der Waals surface area contributed by atoms with E-state index < -0.39 is 0 Å². The first-order chi connectivity index (χ1) is 4.04. The van der Waals surface area contributed by atoms with E-state index in [1.807, 2.05) is 20.8 Å². The number of hydrogen-bond donors (Lipinski definition) is 0. The van der Waals surface area contributed by atoms with Crippen molar-refractivity contribution in [2.24, 2.45) is 5.41 Å². The van der Waals surface area contributed by atoms with Crippen LogP contribution in [-0.2, 0) is 29.0 Å². The zero-order valence-electron chi connectivity index (χ0n) is 6.56. The Kier molecular flexibility index (Phi) is 6.17. The molecular weight excluding hydrogens is 219 g/mol. The normalized spacial score (nSPS) is 10.0. The summed E-state index contributed by atoms with van der Waals surface area (Å²) in [5, 5.41) is 0. The molecule has 0 N–H and O–H groups in total. The summed E-state index contributed by atoms with van der Waals surface area (Å²) in [5.41, 5.74) is -0.373. The zero-order valence-corrected chi connectivity index (χ0v) is 8.20. The van der Waals surface area contributed by atoms with Gasteiger partial charge in [0.15, 0.2) is 0 Å². The van der Waals surface area contributed by atoms with Crippen molar-refractivity contribution < 1.29 is 29.0 Å². The molecule has 0 aliphatic rings. The number of hydrogen-bond acceptors (Lipinski definition) is 2. The first-order valence-corrected chi connectivity index (χ1v) is 3.01. The molecule has 0 aliphatic carbocycles. The first-order valence-electron chi connectivity index (χ1n) is 3.01. The molecule has 0 aromatic heterocycles. The Labute approximate surface area is 75.1 Å². The summed E-state index contributed by atoms with van der Waals surface area (Å²) in [6.07, 6.45) is 0.779. The van der Waals surface area contributed by atoms with Gasteiger partial charge in [-0.3, -0.25) is 4.79 Å². The SMILES string of the molecule is [CH2-]OC(=O)C(C)(C)CC.[Rh+2]. The summed E-state index contributed by atoms with van der Waals surface area (Å²) < 4.78 is 4.32. The maximum Gasteiger partial charge on any atom is 2.00 e.